The summed E-state index contributed by atoms with van der Waals surface area (Å²) in [6, 6.07) is 12.5. The third kappa shape index (κ3) is 2.53. The lowest BCUT2D eigenvalue weighted by atomic mass is 10.1. The number of aromatic nitrogens is 2. The Labute approximate surface area is 120 Å². The van der Waals surface area contributed by atoms with Gasteiger partial charge in [0.05, 0.1) is 6.20 Å². The molecule has 0 unspecified atom stereocenters. The molecule has 0 fully saturated rings. The first-order valence-electron chi connectivity index (χ1n) is 6.37. The van der Waals surface area contributed by atoms with Crippen LogP contribution in [0.2, 0.25) is 0 Å². The van der Waals surface area contributed by atoms with Gasteiger partial charge in [0, 0.05) is 10.8 Å². The van der Waals surface area contributed by atoms with E-state index in [9.17, 15) is 9.90 Å². The van der Waals surface area contributed by atoms with Crippen LogP contribution in [-0.2, 0) is 0 Å². The van der Waals surface area contributed by atoms with Gasteiger partial charge in [-0.1, -0.05) is 29.8 Å². The molecule has 3 aromatic rings. The molecule has 3 rings (SSSR count). The minimum Gasteiger partial charge on any atom is -0.478 e. The zero-order valence-corrected chi connectivity index (χ0v) is 11.3. The molecule has 21 heavy (non-hydrogen) atoms. The average Bonchev–Trinajstić information content (AvgIpc) is 2.49. The van der Waals surface area contributed by atoms with Gasteiger partial charge in [-0.05, 0) is 25.1 Å². The van der Waals surface area contributed by atoms with Crippen molar-refractivity contribution in [1.82, 2.24) is 10.2 Å². The second-order valence-electron chi connectivity index (χ2n) is 4.64. The number of carboxylic acids is 1. The van der Waals surface area contributed by atoms with Gasteiger partial charge in [-0.2, -0.15) is 5.10 Å². The van der Waals surface area contributed by atoms with Crippen molar-refractivity contribution in [3.63, 3.8) is 0 Å². The molecule has 1 N–H and O–H groups in total. The normalized spacial score (nSPS) is 10.5. The van der Waals surface area contributed by atoms with Crippen LogP contribution in [-0.4, -0.2) is 21.3 Å². The first kappa shape index (κ1) is 13.1. The van der Waals surface area contributed by atoms with E-state index in [1.807, 2.05) is 31.2 Å². The molecule has 0 spiro atoms. The summed E-state index contributed by atoms with van der Waals surface area (Å²) in [6.45, 7) is 1.83. The van der Waals surface area contributed by atoms with Crippen LogP contribution in [0.15, 0.2) is 48.7 Å². The highest BCUT2D eigenvalue weighted by Crippen LogP contribution is 2.29. The molecular formula is C16H12N2O3. The number of carboxylic acid groups (broad SMARTS) is 1. The molecule has 0 atom stereocenters. The second kappa shape index (κ2) is 5.20. The molecule has 5 nitrogen and oxygen atoms in total. The third-order valence-electron chi connectivity index (χ3n) is 3.11. The molecule has 0 saturated heterocycles. The van der Waals surface area contributed by atoms with Crippen LogP contribution < -0.4 is 4.74 Å². The maximum absolute atomic E-state index is 11.3. The molecule has 1 aromatic heterocycles. The van der Waals surface area contributed by atoms with E-state index in [2.05, 4.69) is 10.2 Å². The van der Waals surface area contributed by atoms with Gasteiger partial charge >= 0.3 is 5.97 Å². The molecule has 0 aliphatic heterocycles. The lowest BCUT2D eigenvalue weighted by Crippen LogP contribution is -2.01. The van der Waals surface area contributed by atoms with Gasteiger partial charge < -0.3 is 9.84 Å². The smallest absolute Gasteiger partial charge is 0.339 e. The maximum Gasteiger partial charge on any atom is 0.339 e. The summed E-state index contributed by atoms with van der Waals surface area (Å²) in [6.07, 6.45) is 1.63. The Morgan fingerprint density at radius 2 is 2.00 bits per heavy atom. The number of aryl methyl sites for hydroxylation is 1. The van der Waals surface area contributed by atoms with Crippen molar-refractivity contribution in [3.8, 4) is 11.6 Å². The number of nitrogens with zero attached hydrogens (tertiary/aromatic N) is 2. The summed E-state index contributed by atoms with van der Waals surface area (Å²) < 4.78 is 5.68. The van der Waals surface area contributed by atoms with Crippen molar-refractivity contribution in [2.24, 2.45) is 0 Å². The average molecular weight is 280 g/mol. The summed E-state index contributed by atoms with van der Waals surface area (Å²) >= 11 is 0. The van der Waals surface area contributed by atoms with Crippen molar-refractivity contribution < 1.29 is 14.6 Å². The van der Waals surface area contributed by atoms with Gasteiger partial charge in [-0.3, -0.25) is 0 Å². The van der Waals surface area contributed by atoms with Crippen LogP contribution in [0.25, 0.3) is 10.8 Å². The highest BCUT2D eigenvalue weighted by molar-refractivity contribution is 5.92. The quantitative estimate of drug-likeness (QED) is 0.795. The molecular weight excluding hydrogens is 268 g/mol. The minimum absolute atomic E-state index is 0.102. The number of hydrogen-bond acceptors (Lipinski definition) is 4. The Hall–Kier alpha value is -2.95. The SMILES string of the molecule is Cc1ccc(Oc2nncc3ccccc23)c(C(=O)O)c1. The molecule has 0 bridgehead atoms. The molecule has 2 aromatic carbocycles. The van der Waals surface area contributed by atoms with E-state index in [1.165, 1.54) is 0 Å². The standard InChI is InChI=1S/C16H12N2O3/c1-10-6-7-14(13(8-10)16(19)20)21-15-12-5-3-2-4-11(12)9-17-18-15/h2-9H,1H3,(H,19,20). The Balaban J connectivity index is 2.09. The molecule has 0 saturated carbocycles. The summed E-state index contributed by atoms with van der Waals surface area (Å²) in [4.78, 5) is 11.3. The predicted molar refractivity (Wildman–Crippen MR) is 77.8 cm³/mol. The van der Waals surface area contributed by atoms with Crippen molar-refractivity contribution in [1.29, 1.82) is 0 Å². The van der Waals surface area contributed by atoms with Crippen LogP contribution in [0.3, 0.4) is 0 Å². The number of carbonyl (C=O) groups is 1. The fourth-order valence-corrected chi connectivity index (χ4v) is 2.08. The van der Waals surface area contributed by atoms with Gasteiger partial charge in [-0.15, -0.1) is 5.10 Å². The van der Waals surface area contributed by atoms with Crippen LogP contribution in [0.5, 0.6) is 11.6 Å². The highest BCUT2D eigenvalue weighted by Gasteiger charge is 2.14. The van der Waals surface area contributed by atoms with Crippen LogP contribution in [0.4, 0.5) is 0 Å². The number of aromatic carboxylic acids is 1. The minimum atomic E-state index is -1.04. The number of hydrogen-bond donors (Lipinski definition) is 1. The third-order valence-corrected chi connectivity index (χ3v) is 3.11. The van der Waals surface area contributed by atoms with E-state index in [1.54, 1.807) is 24.4 Å². The Kier molecular flexibility index (Phi) is 3.23. The van der Waals surface area contributed by atoms with E-state index in [0.717, 1.165) is 16.3 Å². The van der Waals surface area contributed by atoms with Crippen molar-refractivity contribution in [3.05, 3.63) is 59.8 Å². The second-order valence-corrected chi connectivity index (χ2v) is 4.64. The first-order valence-corrected chi connectivity index (χ1v) is 6.37. The van der Waals surface area contributed by atoms with Crippen molar-refractivity contribution in [2.75, 3.05) is 0 Å². The lowest BCUT2D eigenvalue weighted by molar-refractivity contribution is 0.0694. The van der Waals surface area contributed by atoms with Gasteiger partial charge in [0.1, 0.15) is 11.3 Å². The number of fused-ring (bicyclic) bond motifs is 1. The van der Waals surface area contributed by atoms with E-state index in [-0.39, 0.29) is 11.3 Å². The zero-order valence-electron chi connectivity index (χ0n) is 11.3. The fourth-order valence-electron chi connectivity index (χ4n) is 2.08. The molecule has 0 amide bonds. The lowest BCUT2D eigenvalue weighted by Gasteiger charge is -2.10. The van der Waals surface area contributed by atoms with Crippen LogP contribution >= 0.6 is 0 Å². The van der Waals surface area contributed by atoms with Gasteiger partial charge in [0.25, 0.3) is 0 Å². The zero-order chi connectivity index (χ0) is 14.8. The monoisotopic (exact) mass is 280 g/mol. The summed E-state index contributed by atoms with van der Waals surface area (Å²) in [5.74, 6) is -0.500. The largest absolute Gasteiger partial charge is 0.478 e. The Morgan fingerprint density at radius 3 is 2.81 bits per heavy atom. The molecule has 1 heterocycles. The van der Waals surface area contributed by atoms with Gasteiger partial charge in [0.2, 0.25) is 5.88 Å². The summed E-state index contributed by atoms with van der Waals surface area (Å²) in [5.41, 5.74) is 0.952. The van der Waals surface area contributed by atoms with Crippen LogP contribution in [0, 0.1) is 6.92 Å². The van der Waals surface area contributed by atoms with Crippen molar-refractivity contribution in [2.45, 2.75) is 6.92 Å². The van der Waals surface area contributed by atoms with E-state index < -0.39 is 5.97 Å². The van der Waals surface area contributed by atoms with Crippen molar-refractivity contribution >= 4 is 16.7 Å². The first-order chi connectivity index (χ1) is 10.1. The molecule has 0 aliphatic rings. The van der Waals surface area contributed by atoms with Gasteiger partial charge in [0.15, 0.2) is 0 Å². The topological polar surface area (TPSA) is 72.3 Å². The maximum atomic E-state index is 11.3. The van der Waals surface area contributed by atoms with E-state index in [4.69, 9.17) is 4.74 Å². The van der Waals surface area contributed by atoms with E-state index >= 15 is 0 Å². The number of ether oxygens (including phenoxy) is 1. The Bertz CT molecular complexity index is 825. The van der Waals surface area contributed by atoms with Crippen LogP contribution in [0.1, 0.15) is 15.9 Å². The highest BCUT2D eigenvalue weighted by atomic mass is 16.5. The number of rotatable bonds is 3. The Morgan fingerprint density at radius 1 is 1.19 bits per heavy atom. The molecule has 5 heteroatoms. The number of benzene rings is 2. The molecule has 0 radical (unpaired) electrons. The molecule has 104 valence electrons. The summed E-state index contributed by atoms with van der Waals surface area (Å²) in [7, 11) is 0. The summed E-state index contributed by atoms with van der Waals surface area (Å²) in [5, 5.41) is 18.8. The molecule has 0 aliphatic carbocycles. The van der Waals surface area contributed by atoms with E-state index in [0.29, 0.717) is 5.88 Å². The predicted octanol–water partition coefficient (Wildman–Crippen LogP) is 3.43. The fraction of sp³-hybridized carbons (Fsp3) is 0.0625. The van der Waals surface area contributed by atoms with Gasteiger partial charge in [-0.25, -0.2) is 4.79 Å².